The summed E-state index contributed by atoms with van der Waals surface area (Å²) in [6.45, 7) is 8.95. The monoisotopic (exact) mass is 675 g/mol. The fourth-order valence-corrected chi connectivity index (χ4v) is 6.36. The Balaban J connectivity index is 0. The van der Waals surface area contributed by atoms with E-state index in [9.17, 15) is 19.8 Å². The molecule has 0 aromatic carbocycles. The molecule has 0 spiro atoms. The largest absolute Gasteiger partial charge is 0.545 e. The minimum Gasteiger partial charge on any atom is -0.545 e. The van der Waals surface area contributed by atoms with Crippen molar-refractivity contribution >= 4 is 11.9 Å². The van der Waals surface area contributed by atoms with Crippen molar-refractivity contribution in [2.24, 2.45) is 0 Å². The van der Waals surface area contributed by atoms with Crippen LogP contribution in [0.1, 0.15) is 245 Å². The van der Waals surface area contributed by atoms with Crippen LogP contribution < -0.4 is 10.2 Å². The van der Waals surface area contributed by atoms with Crippen LogP contribution >= 0.6 is 0 Å². The van der Waals surface area contributed by atoms with Crippen molar-refractivity contribution in [3.63, 3.8) is 0 Å². The van der Waals surface area contributed by atoms with Crippen LogP contribution in [0.5, 0.6) is 0 Å². The second kappa shape index (κ2) is 41.6. The lowest BCUT2D eigenvalue weighted by atomic mass is 10.0. The van der Waals surface area contributed by atoms with Crippen molar-refractivity contribution in [3.05, 3.63) is 24.3 Å². The summed E-state index contributed by atoms with van der Waals surface area (Å²) in [5, 5.41) is 19.0. The maximum Gasteiger partial charge on any atom is 0.0666 e. The molecular formula is C44H82O4-2. The molecule has 0 heterocycles. The van der Waals surface area contributed by atoms with Gasteiger partial charge in [-0.05, 0) is 25.0 Å². The van der Waals surface area contributed by atoms with Gasteiger partial charge in [0.25, 0.3) is 0 Å². The highest BCUT2D eigenvalue weighted by Crippen LogP contribution is 2.18. The number of carboxylic acid groups (broad SMARTS) is 2. The van der Waals surface area contributed by atoms with Crippen molar-refractivity contribution in [1.82, 2.24) is 0 Å². The van der Waals surface area contributed by atoms with Crippen LogP contribution in [0.15, 0.2) is 24.3 Å². The van der Waals surface area contributed by atoms with Gasteiger partial charge < -0.3 is 19.8 Å². The number of hydrogen-bond donors (Lipinski definition) is 0. The summed E-state index contributed by atoms with van der Waals surface area (Å²) in [5.41, 5.74) is 0.130. The van der Waals surface area contributed by atoms with E-state index in [1.165, 1.54) is 245 Å². The zero-order valence-corrected chi connectivity index (χ0v) is 32.5. The zero-order chi connectivity index (χ0) is 35.8. The van der Waals surface area contributed by atoms with Crippen LogP contribution in [-0.4, -0.2) is 11.9 Å². The Kier molecular flexibility index (Phi) is 42.1. The van der Waals surface area contributed by atoms with Crippen LogP contribution in [-0.2, 0) is 9.59 Å². The van der Waals surface area contributed by atoms with Gasteiger partial charge in [0.2, 0.25) is 0 Å². The number of carbonyl (C=O) groups excluding carboxylic acids is 2. The van der Waals surface area contributed by atoms with Gasteiger partial charge in [-0.2, -0.15) is 0 Å². The van der Waals surface area contributed by atoms with Gasteiger partial charge in [0, 0.05) is 0 Å². The summed E-state index contributed by atoms with van der Waals surface area (Å²) in [5.74, 6) is -2.37. The number of carboxylic acids is 2. The molecule has 0 aromatic rings. The normalized spacial score (nSPS) is 19.9. The van der Waals surface area contributed by atoms with E-state index in [0.717, 1.165) is 0 Å². The van der Waals surface area contributed by atoms with Crippen LogP contribution in [0.25, 0.3) is 0 Å². The van der Waals surface area contributed by atoms with Gasteiger partial charge in [-0.15, -0.1) is 0 Å². The molecule has 4 heteroatoms. The van der Waals surface area contributed by atoms with Crippen LogP contribution in [0, 0.1) is 0 Å². The van der Waals surface area contributed by atoms with Gasteiger partial charge in [-0.3, -0.25) is 0 Å². The van der Waals surface area contributed by atoms with Gasteiger partial charge in [-0.1, -0.05) is 244 Å². The summed E-state index contributed by atoms with van der Waals surface area (Å²) >= 11 is 0. The molecule has 0 unspecified atom stereocenters. The predicted octanol–water partition coefficient (Wildman–Crippen LogP) is 12.7. The van der Waals surface area contributed by atoms with E-state index in [4.69, 9.17) is 0 Å². The topological polar surface area (TPSA) is 80.3 Å². The van der Waals surface area contributed by atoms with Gasteiger partial charge in [0.05, 0.1) is 11.9 Å². The molecule has 3 rings (SSSR count). The van der Waals surface area contributed by atoms with E-state index in [2.05, 4.69) is 13.2 Å². The van der Waals surface area contributed by atoms with E-state index < -0.39 is 11.9 Å². The van der Waals surface area contributed by atoms with E-state index in [-0.39, 0.29) is 11.1 Å². The Morgan fingerprint density at radius 1 is 0.271 bits per heavy atom. The molecule has 0 amide bonds. The highest BCUT2D eigenvalue weighted by Gasteiger charge is 1.98. The van der Waals surface area contributed by atoms with Gasteiger partial charge in [0.1, 0.15) is 0 Å². The molecule has 3 aliphatic carbocycles. The zero-order valence-electron chi connectivity index (χ0n) is 32.5. The highest BCUT2D eigenvalue weighted by molar-refractivity contribution is 5.83. The molecule has 284 valence electrons. The van der Waals surface area contributed by atoms with Gasteiger partial charge in [-0.25, -0.2) is 0 Å². The second-order valence-electron chi connectivity index (χ2n) is 14.9. The predicted molar refractivity (Wildman–Crippen MR) is 206 cm³/mol. The van der Waals surface area contributed by atoms with Crippen molar-refractivity contribution in [1.29, 1.82) is 0 Å². The Bertz CT molecular complexity index is 479. The number of rotatable bonds is 2. The summed E-state index contributed by atoms with van der Waals surface area (Å²) < 4.78 is 0. The minimum absolute atomic E-state index is 0.0648. The molecule has 4 nitrogen and oxygen atoms in total. The molecule has 3 saturated carbocycles. The lowest BCUT2D eigenvalue weighted by Crippen LogP contribution is -2.22. The quantitative estimate of drug-likeness (QED) is 0.273. The molecule has 0 atom stereocenters. The third-order valence-corrected chi connectivity index (χ3v) is 9.70. The molecule has 0 saturated heterocycles. The molecule has 0 radical (unpaired) electrons. The lowest BCUT2D eigenvalue weighted by molar-refractivity contribution is -0.300. The second-order valence-corrected chi connectivity index (χ2v) is 14.9. The Hall–Kier alpha value is -1.58. The van der Waals surface area contributed by atoms with E-state index in [0.29, 0.717) is 0 Å². The van der Waals surface area contributed by atoms with E-state index >= 15 is 0 Å². The third kappa shape index (κ3) is 46.5. The van der Waals surface area contributed by atoms with Crippen LogP contribution in [0.4, 0.5) is 0 Å². The molecule has 3 fully saturated rings. The Morgan fingerprint density at radius 2 is 0.312 bits per heavy atom. The van der Waals surface area contributed by atoms with Crippen LogP contribution in [0.2, 0.25) is 0 Å². The Labute approximate surface area is 300 Å². The number of aliphatic carboxylic acids is 2. The number of carbonyl (C=O) groups is 2. The average Bonchev–Trinajstić information content (AvgIpc) is 3.03. The molecule has 48 heavy (non-hydrogen) atoms. The van der Waals surface area contributed by atoms with E-state index in [1.807, 2.05) is 0 Å². The maximum atomic E-state index is 9.49. The molecule has 0 bridgehead atoms. The third-order valence-electron chi connectivity index (χ3n) is 9.70. The molecule has 0 aliphatic heterocycles. The van der Waals surface area contributed by atoms with Crippen molar-refractivity contribution < 1.29 is 19.8 Å². The summed E-state index contributed by atoms with van der Waals surface area (Å²) in [4.78, 5) is 19.0. The first kappa shape index (κ1) is 48.5. The van der Waals surface area contributed by atoms with E-state index in [1.54, 1.807) is 0 Å². The first-order valence-electron chi connectivity index (χ1n) is 21.0. The minimum atomic E-state index is -1.19. The standard InChI is InChI=1S/3C12H24.2C4H6O2/c3*1-2-4-6-8-10-12-11-9-7-5-3-1;2*1-3(2)4(5)6/h3*1-12H2;2*1H2,2H3,(H,5,6)/p-2. The number of hydrogen-bond acceptors (Lipinski definition) is 4. The Morgan fingerprint density at radius 3 is 0.333 bits per heavy atom. The summed E-state index contributed by atoms with van der Waals surface area (Å²) in [6, 6.07) is 0. The summed E-state index contributed by atoms with van der Waals surface area (Å²) in [7, 11) is 0. The molecule has 0 aromatic heterocycles. The fraction of sp³-hybridized carbons (Fsp3) is 0.864. The fourth-order valence-electron chi connectivity index (χ4n) is 6.36. The SMILES string of the molecule is C1CCCCCCCCCCC1.C1CCCCCCCCCCC1.C1CCCCCCCCCCC1.C=C(C)C(=O)[O-].C=C(C)C(=O)[O-]. The first-order valence-corrected chi connectivity index (χ1v) is 21.0. The average molecular weight is 675 g/mol. The first-order chi connectivity index (χ1) is 23.3. The van der Waals surface area contributed by atoms with Crippen molar-refractivity contribution in [3.8, 4) is 0 Å². The molecule has 0 N–H and O–H groups in total. The molecule has 3 aliphatic rings. The van der Waals surface area contributed by atoms with Gasteiger partial charge in [0.15, 0.2) is 0 Å². The highest BCUT2D eigenvalue weighted by atomic mass is 16.4. The lowest BCUT2D eigenvalue weighted by Gasteiger charge is -2.05. The van der Waals surface area contributed by atoms with Crippen molar-refractivity contribution in [2.45, 2.75) is 245 Å². The smallest absolute Gasteiger partial charge is 0.0666 e. The maximum absolute atomic E-state index is 9.49. The van der Waals surface area contributed by atoms with Crippen LogP contribution in [0.3, 0.4) is 0 Å². The van der Waals surface area contributed by atoms with Gasteiger partial charge >= 0.3 is 0 Å². The summed E-state index contributed by atoms with van der Waals surface area (Å²) in [6.07, 6.45) is 54.0. The van der Waals surface area contributed by atoms with Crippen molar-refractivity contribution in [2.75, 3.05) is 0 Å². The molecular weight excluding hydrogens is 592 g/mol.